The number of phenolic OH excluding ortho intramolecular Hbond substituents is 1. The third-order valence-electron chi connectivity index (χ3n) is 3.29. The van der Waals surface area contributed by atoms with Gasteiger partial charge in [0, 0.05) is 18.2 Å². The Labute approximate surface area is 122 Å². The van der Waals surface area contributed by atoms with Gasteiger partial charge in [-0.2, -0.15) is 0 Å². The van der Waals surface area contributed by atoms with Crippen LogP contribution in [0.1, 0.15) is 24.1 Å². The van der Waals surface area contributed by atoms with E-state index in [-0.39, 0.29) is 12.6 Å². The van der Waals surface area contributed by atoms with Crippen molar-refractivity contribution in [2.45, 2.75) is 19.5 Å². The van der Waals surface area contributed by atoms with Crippen molar-refractivity contribution < 1.29 is 18.6 Å². The Hall–Kier alpha value is -2.14. The fraction of sp³-hybridized carbons (Fsp3) is 0.250. The van der Waals surface area contributed by atoms with Crippen LogP contribution in [0.15, 0.2) is 36.4 Å². The van der Waals surface area contributed by atoms with E-state index < -0.39 is 17.4 Å². The molecule has 1 atom stereocenters. The van der Waals surface area contributed by atoms with Crippen LogP contribution in [-0.4, -0.2) is 12.2 Å². The number of rotatable bonds is 5. The number of benzene rings is 2. The molecular weight excluding hydrogens is 276 g/mol. The average Bonchev–Trinajstić information content (AvgIpc) is 2.50. The van der Waals surface area contributed by atoms with E-state index in [9.17, 15) is 8.78 Å². The van der Waals surface area contributed by atoms with E-state index in [1.807, 2.05) is 31.2 Å². The smallest absolute Gasteiger partial charge is 0.187 e. The Morgan fingerprint density at radius 3 is 2.43 bits per heavy atom. The monoisotopic (exact) mass is 293 g/mol. The second-order valence-electron chi connectivity index (χ2n) is 4.75. The molecule has 0 fully saturated rings. The van der Waals surface area contributed by atoms with Gasteiger partial charge < -0.3 is 15.2 Å². The average molecular weight is 293 g/mol. The second-order valence-corrected chi connectivity index (χ2v) is 4.75. The number of ether oxygens (including phenoxy) is 1. The molecule has 0 saturated heterocycles. The number of hydrogen-bond donors (Lipinski definition) is 2. The lowest BCUT2D eigenvalue weighted by Crippen LogP contribution is -2.19. The number of para-hydroxylation sites is 1. The largest absolute Gasteiger partial charge is 0.503 e. The lowest BCUT2D eigenvalue weighted by Gasteiger charge is -2.17. The maximum Gasteiger partial charge on any atom is 0.187 e. The van der Waals surface area contributed by atoms with Crippen LogP contribution in [0.2, 0.25) is 0 Å². The molecule has 0 saturated carbocycles. The molecule has 0 unspecified atom stereocenters. The first kappa shape index (κ1) is 15.3. The van der Waals surface area contributed by atoms with Crippen molar-refractivity contribution in [1.82, 2.24) is 5.32 Å². The molecular formula is C16H17F2NO2. The first-order chi connectivity index (χ1) is 10.0. The quantitative estimate of drug-likeness (QED) is 0.886. The van der Waals surface area contributed by atoms with Crippen molar-refractivity contribution >= 4 is 0 Å². The summed E-state index contributed by atoms with van der Waals surface area (Å²) in [6.07, 6.45) is 0. The number of hydrogen-bond acceptors (Lipinski definition) is 3. The predicted molar refractivity (Wildman–Crippen MR) is 76.3 cm³/mol. The number of phenols is 1. The topological polar surface area (TPSA) is 41.5 Å². The second kappa shape index (κ2) is 6.54. The van der Waals surface area contributed by atoms with E-state index in [0.29, 0.717) is 5.56 Å². The van der Waals surface area contributed by atoms with Crippen LogP contribution in [-0.2, 0) is 6.54 Å². The molecule has 0 radical (unpaired) electrons. The zero-order valence-corrected chi connectivity index (χ0v) is 11.9. The molecule has 0 aromatic heterocycles. The lowest BCUT2D eigenvalue weighted by atomic mass is 10.1. The first-order valence-corrected chi connectivity index (χ1v) is 6.56. The number of aromatic hydroxyl groups is 1. The van der Waals surface area contributed by atoms with Gasteiger partial charge in [-0.3, -0.25) is 0 Å². The number of halogens is 2. The Bertz CT molecular complexity index is 608. The van der Waals surface area contributed by atoms with Crippen LogP contribution in [0.5, 0.6) is 11.5 Å². The van der Waals surface area contributed by atoms with Gasteiger partial charge in [0.05, 0.1) is 7.11 Å². The molecule has 0 heterocycles. The minimum atomic E-state index is -0.961. The maximum absolute atomic E-state index is 13.3. The molecule has 112 valence electrons. The van der Waals surface area contributed by atoms with Gasteiger partial charge >= 0.3 is 0 Å². The van der Waals surface area contributed by atoms with E-state index in [1.54, 1.807) is 7.11 Å². The van der Waals surface area contributed by atoms with E-state index in [4.69, 9.17) is 9.84 Å². The molecule has 0 aliphatic rings. The molecule has 2 N–H and O–H groups in total. The van der Waals surface area contributed by atoms with Crippen molar-refractivity contribution in [3.8, 4) is 11.5 Å². The molecule has 3 nitrogen and oxygen atoms in total. The molecule has 2 aromatic carbocycles. The summed E-state index contributed by atoms with van der Waals surface area (Å²) in [5.41, 5.74) is 1.38. The van der Waals surface area contributed by atoms with Crippen molar-refractivity contribution in [2.24, 2.45) is 0 Å². The van der Waals surface area contributed by atoms with Gasteiger partial charge in [0.25, 0.3) is 0 Å². The Balaban J connectivity index is 2.09. The van der Waals surface area contributed by atoms with Crippen LogP contribution in [0.4, 0.5) is 8.78 Å². The zero-order valence-electron chi connectivity index (χ0n) is 11.9. The van der Waals surface area contributed by atoms with Gasteiger partial charge in [-0.05, 0) is 30.7 Å². The first-order valence-electron chi connectivity index (χ1n) is 6.56. The highest BCUT2D eigenvalue weighted by molar-refractivity contribution is 5.36. The van der Waals surface area contributed by atoms with Crippen LogP contribution in [0, 0.1) is 11.6 Å². The van der Waals surface area contributed by atoms with Crippen molar-refractivity contribution in [2.75, 3.05) is 7.11 Å². The van der Waals surface area contributed by atoms with Gasteiger partial charge in [0.15, 0.2) is 17.4 Å². The summed E-state index contributed by atoms with van der Waals surface area (Å²) in [6, 6.07) is 9.72. The molecule has 21 heavy (non-hydrogen) atoms. The Morgan fingerprint density at radius 1 is 1.19 bits per heavy atom. The normalized spacial score (nSPS) is 12.2. The summed E-state index contributed by atoms with van der Waals surface area (Å²) in [4.78, 5) is 0. The fourth-order valence-electron chi connectivity index (χ4n) is 2.13. The lowest BCUT2D eigenvalue weighted by molar-refractivity contribution is 0.393. The maximum atomic E-state index is 13.3. The zero-order chi connectivity index (χ0) is 15.4. The van der Waals surface area contributed by atoms with Gasteiger partial charge in [-0.25, -0.2) is 8.78 Å². The highest BCUT2D eigenvalue weighted by Crippen LogP contribution is 2.25. The van der Waals surface area contributed by atoms with E-state index in [1.165, 1.54) is 0 Å². The summed E-state index contributed by atoms with van der Waals surface area (Å²) in [7, 11) is 1.59. The summed E-state index contributed by atoms with van der Waals surface area (Å²) in [5.74, 6) is -2.12. The van der Waals surface area contributed by atoms with Crippen molar-refractivity contribution in [1.29, 1.82) is 0 Å². The van der Waals surface area contributed by atoms with E-state index in [2.05, 4.69) is 5.32 Å². The Kier molecular flexibility index (Phi) is 4.75. The summed E-state index contributed by atoms with van der Waals surface area (Å²) in [6.45, 7) is 2.21. The van der Waals surface area contributed by atoms with Crippen LogP contribution in [0.25, 0.3) is 0 Å². The molecule has 0 amide bonds. The third-order valence-corrected chi connectivity index (χ3v) is 3.29. The van der Waals surface area contributed by atoms with Crippen molar-refractivity contribution in [3.63, 3.8) is 0 Å². The molecule has 0 aliphatic heterocycles. The van der Waals surface area contributed by atoms with Gasteiger partial charge in [-0.15, -0.1) is 0 Å². The van der Waals surface area contributed by atoms with Crippen molar-refractivity contribution in [3.05, 3.63) is 59.2 Å². The highest BCUT2D eigenvalue weighted by atomic mass is 19.1. The van der Waals surface area contributed by atoms with Crippen LogP contribution < -0.4 is 10.1 Å². The minimum absolute atomic E-state index is 0.0546. The molecule has 5 heteroatoms. The summed E-state index contributed by atoms with van der Waals surface area (Å²) >= 11 is 0. The molecule has 0 aliphatic carbocycles. The molecule has 0 spiro atoms. The van der Waals surface area contributed by atoms with Gasteiger partial charge in [0.2, 0.25) is 0 Å². The van der Waals surface area contributed by atoms with E-state index in [0.717, 1.165) is 23.4 Å². The third kappa shape index (κ3) is 3.49. The van der Waals surface area contributed by atoms with Gasteiger partial charge in [-0.1, -0.05) is 18.2 Å². The SMILES string of the molecule is COc1ccccc1[C@H](C)NCc1cc(F)c(O)c(F)c1. The van der Waals surface area contributed by atoms with Gasteiger partial charge in [0.1, 0.15) is 5.75 Å². The molecule has 0 bridgehead atoms. The fourth-order valence-corrected chi connectivity index (χ4v) is 2.13. The van der Waals surface area contributed by atoms with E-state index >= 15 is 0 Å². The summed E-state index contributed by atoms with van der Waals surface area (Å²) < 4.78 is 31.8. The minimum Gasteiger partial charge on any atom is -0.503 e. The van der Waals surface area contributed by atoms with Crippen LogP contribution in [0.3, 0.4) is 0 Å². The predicted octanol–water partition coefficient (Wildman–Crippen LogP) is 3.53. The summed E-state index contributed by atoms with van der Waals surface area (Å²) in [5, 5.41) is 12.2. The number of methoxy groups -OCH3 is 1. The van der Waals surface area contributed by atoms with Crippen LogP contribution >= 0.6 is 0 Å². The molecule has 2 aromatic rings. The Morgan fingerprint density at radius 2 is 1.81 bits per heavy atom. The standard InChI is InChI=1S/C16H17F2NO2/c1-10(12-5-3-4-6-15(12)21-2)19-9-11-7-13(17)16(20)14(18)8-11/h3-8,10,19-20H,9H2,1-2H3/t10-/m0/s1. The highest BCUT2D eigenvalue weighted by Gasteiger charge is 2.12. The molecule has 2 rings (SSSR count). The number of nitrogens with one attached hydrogen (secondary N) is 1.